The van der Waals surface area contributed by atoms with E-state index in [9.17, 15) is 0 Å². The van der Waals surface area contributed by atoms with E-state index in [0.717, 1.165) is 0 Å². The van der Waals surface area contributed by atoms with Crippen LogP contribution in [0.1, 0.15) is 149 Å². The molecule has 0 aliphatic heterocycles. The Hall–Kier alpha value is 1.32. The lowest BCUT2D eigenvalue weighted by molar-refractivity contribution is -0.928. The van der Waals surface area contributed by atoms with Crippen LogP contribution in [0.5, 0.6) is 0 Å². The number of hydrogen-bond donors (Lipinski definition) is 0. The second-order valence-electron chi connectivity index (χ2n) is 14.6. The first-order chi connectivity index (χ1) is 18.1. The zero-order valence-corrected chi connectivity index (χ0v) is 34.3. The van der Waals surface area contributed by atoms with E-state index in [2.05, 4.69) is 56.0 Å². The molecule has 0 bridgehead atoms. The molecule has 0 saturated heterocycles. The Kier molecular flexibility index (Phi) is 37.6. The first kappa shape index (κ1) is 49.2. The molecule has 6 heteroatoms. The third-order valence-electron chi connectivity index (χ3n) is 9.21. The van der Waals surface area contributed by atoms with Gasteiger partial charge in [0.1, 0.15) is 0 Å². The van der Waals surface area contributed by atoms with Crippen LogP contribution in [-0.2, 0) is 0 Å². The molecule has 0 radical (unpaired) electrons. The molecule has 0 aliphatic rings. The predicted octanol–water partition coefficient (Wildman–Crippen LogP) is 0.460. The second-order valence-corrected chi connectivity index (χ2v) is 14.6. The first-order valence-corrected chi connectivity index (χ1v) is 17.6. The highest BCUT2D eigenvalue weighted by atomic mass is 79.9. The normalized spacial score (nSPS) is 12.0. The summed E-state index contributed by atoms with van der Waals surface area (Å²) >= 11 is 0. The summed E-state index contributed by atoms with van der Waals surface area (Å²) < 4.78 is 3.74. The van der Waals surface area contributed by atoms with Crippen molar-refractivity contribution in [3.05, 3.63) is 0 Å². The Bertz CT molecular complexity index is 481. The summed E-state index contributed by atoms with van der Waals surface area (Å²) in [6.45, 7) is 16.5. The molecular weight excluding hydrogens is 702 g/mol. The zero-order chi connectivity index (χ0) is 28.6. The van der Waals surface area contributed by atoms with Crippen LogP contribution in [0, 0.1) is 0 Å². The number of hydrogen-bond acceptors (Lipinski definition) is 0. The lowest BCUT2D eigenvalue weighted by atomic mass is 10.1. The Balaban J connectivity index is -0.00000228. The predicted molar refractivity (Wildman–Crippen MR) is 174 cm³/mol. The molecule has 0 atom stereocenters. The van der Waals surface area contributed by atoms with Crippen LogP contribution < -0.4 is 50.9 Å². The van der Waals surface area contributed by atoms with E-state index in [0.29, 0.717) is 0 Å². The summed E-state index contributed by atoms with van der Waals surface area (Å²) in [6, 6.07) is 0. The van der Waals surface area contributed by atoms with Crippen molar-refractivity contribution in [1.29, 1.82) is 0 Å². The van der Waals surface area contributed by atoms with Crippen LogP contribution in [0.3, 0.4) is 0 Å². The Morgan fingerprint density at radius 1 is 0.268 bits per heavy atom. The molecular formula is C35H78Br3N3. The standard InChI is InChI=1S/C35H78N3.3BrH/c1-9-12-15-18-21-24-29-36(4,5)31-27-34-38(8,33-26-23-20-17-14-11-3)35-28-32-37(6,7)30-25-22-19-16-13-10-2;;;/h9-35H2,1-8H3;3*1H/q+3;;;/p-3. The average molecular weight is 781 g/mol. The lowest BCUT2D eigenvalue weighted by Gasteiger charge is -2.38. The second kappa shape index (κ2) is 31.3. The van der Waals surface area contributed by atoms with Gasteiger partial charge in [-0.1, -0.05) is 97.8 Å². The van der Waals surface area contributed by atoms with Crippen molar-refractivity contribution in [2.45, 2.75) is 149 Å². The highest BCUT2D eigenvalue weighted by Crippen LogP contribution is 2.16. The van der Waals surface area contributed by atoms with E-state index >= 15 is 0 Å². The number of unbranched alkanes of at least 4 members (excludes halogenated alkanes) is 15. The number of rotatable bonds is 29. The van der Waals surface area contributed by atoms with Crippen LogP contribution in [0.4, 0.5) is 0 Å². The van der Waals surface area contributed by atoms with Gasteiger partial charge >= 0.3 is 0 Å². The van der Waals surface area contributed by atoms with Gasteiger partial charge in [-0.3, -0.25) is 0 Å². The van der Waals surface area contributed by atoms with Crippen molar-refractivity contribution in [1.82, 2.24) is 0 Å². The number of quaternary nitrogens is 3. The fourth-order valence-corrected chi connectivity index (χ4v) is 6.23. The van der Waals surface area contributed by atoms with Crippen molar-refractivity contribution < 1.29 is 64.4 Å². The first-order valence-electron chi connectivity index (χ1n) is 17.6. The van der Waals surface area contributed by atoms with Crippen molar-refractivity contribution in [3.63, 3.8) is 0 Å². The molecule has 0 aromatic heterocycles. The average Bonchev–Trinajstić information content (AvgIpc) is 2.85. The summed E-state index contributed by atoms with van der Waals surface area (Å²) in [4.78, 5) is 0. The monoisotopic (exact) mass is 777 g/mol. The maximum Gasteiger partial charge on any atom is 0.0839 e. The molecule has 0 aliphatic carbocycles. The van der Waals surface area contributed by atoms with Gasteiger partial charge < -0.3 is 64.4 Å². The maximum absolute atomic E-state index is 2.59. The molecule has 0 fully saturated rings. The molecule has 41 heavy (non-hydrogen) atoms. The number of nitrogens with zero attached hydrogens (tertiary/aromatic N) is 3. The van der Waals surface area contributed by atoms with Gasteiger partial charge in [0.15, 0.2) is 0 Å². The molecule has 0 aromatic rings. The van der Waals surface area contributed by atoms with Gasteiger partial charge in [0.25, 0.3) is 0 Å². The highest BCUT2D eigenvalue weighted by molar-refractivity contribution is 4.51. The largest absolute Gasteiger partial charge is 1.00 e. The van der Waals surface area contributed by atoms with Gasteiger partial charge in [-0.15, -0.1) is 0 Å². The minimum absolute atomic E-state index is 0. The van der Waals surface area contributed by atoms with Crippen molar-refractivity contribution in [3.8, 4) is 0 Å². The van der Waals surface area contributed by atoms with E-state index in [-0.39, 0.29) is 50.9 Å². The molecule has 0 spiro atoms. The highest BCUT2D eigenvalue weighted by Gasteiger charge is 2.25. The molecule has 0 unspecified atom stereocenters. The molecule has 3 nitrogen and oxygen atoms in total. The quantitative estimate of drug-likeness (QED) is 0.0766. The van der Waals surface area contributed by atoms with E-state index in [1.807, 2.05) is 0 Å². The lowest BCUT2D eigenvalue weighted by Crippen LogP contribution is -3.00. The van der Waals surface area contributed by atoms with E-state index in [1.165, 1.54) is 188 Å². The molecule has 0 N–H and O–H groups in total. The minimum atomic E-state index is 0. The maximum atomic E-state index is 2.59. The van der Waals surface area contributed by atoms with Crippen molar-refractivity contribution >= 4 is 0 Å². The minimum Gasteiger partial charge on any atom is -1.00 e. The molecule has 0 aromatic carbocycles. The Labute approximate surface area is 293 Å². The van der Waals surface area contributed by atoms with Crippen LogP contribution >= 0.6 is 0 Å². The SMILES string of the molecule is CCCCCCCC[N+](C)(C)CCC[N+](C)(CCCCCCCC)CCC[N+](C)(C)CCCCCCCC.[Br-].[Br-].[Br-]. The molecule has 0 amide bonds. The van der Waals surface area contributed by atoms with Crippen LogP contribution in [0.25, 0.3) is 0 Å². The van der Waals surface area contributed by atoms with Gasteiger partial charge in [0.05, 0.1) is 81.1 Å². The third kappa shape index (κ3) is 32.5. The van der Waals surface area contributed by atoms with E-state index in [4.69, 9.17) is 0 Å². The summed E-state index contributed by atoms with van der Waals surface area (Å²) in [6.07, 6.45) is 28.3. The number of halogens is 3. The Morgan fingerprint density at radius 3 is 0.805 bits per heavy atom. The van der Waals surface area contributed by atoms with E-state index < -0.39 is 0 Å². The molecule has 0 saturated carbocycles. The van der Waals surface area contributed by atoms with Gasteiger partial charge in [0.2, 0.25) is 0 Å². The Morgan fingerprint density at radius 2 is 0.488 bits per heavy atom. The molecule has 254 valence electrons. The topological polar surface area (TPSA) is 0 Å². The van der Waals surface area contributed by atoms with Crippen molar-refractivity contribution in [2.24, 2.45) is 0 Å². The molecule has 0 rings (SSSR count). The summed E-state index contributed by atoms with van der Waals surface area (Å²) in [7, 11) is 12.5. The summed E-state index contributed by atoms with van der Waals surface area (Å²) in [5.74, 6) is 0. The third-order valence-corrected chi connectivity index (χ3v) is 9.21. The zero-order valence-electron chi connectivity index (χ0n) is 29.6. The van der Waals surface area contributed by atoms with E-state index in [1.54, 1.807) is 0 Å². The van der Waals surface area contributed by atoms with Gasteiger partial charge in [-0.2, -0.15) is 0 Å². The fourth-order valence-electron chi connectivity index (χ4n) is 6.23. The summed E-state index contributed by atoms with van der Waals surface area (Å²) in [5, 5.41) is 0. The van der Waals surface area contributed by atoms with Gasteiger partial charge in [0, 0.05) is 12.8 Å². The van der Waals surface area contributed by atoms with Crippen molar-refractivity contribution in [2.75, 3.05) is 81.1 Å². The van der Waals surface area contributed by atoms with Gasteiger partial charge in [-0.25, -0.2) is 0 Å². The van der Waals surface area contributed by atoms with Crippen LogP contribution in [0.2, 0.25) is 0 Å². The smallest absolute Gasteiger partial charge is 0.0839 e. The fraction of sp³-hybridized carbons (Fsp3) is 1.00. The van der Waals surface area contributed by atoms with Crippen LogP contribution in [0.15, 0.2) is 0 Å². The molecule has 0 heterocycles. The van der Waals surface area contributed by atoms with Gasteiger partial charge in [-0.05, 0) is 38.5 Å². The summed E-state index contributed by atoms with van der Waals surface area (Å²) in [5.41, 5.74) is 0. The van der Waals surface area contributed by atoms with Crippen LogP contribution in [-0.4, -0.2) is 94.5 Å².